The molecule has 2 aromatic rings. The van der Waals surface area contributed by atoms with Crippen LogP contribution >= 0.6 is 0 Å². The summed E-state index contributed by atoms with van der Waals surface area (Å²) in [5.41, 5.74) is 0.0539. The number of nitrogens with one attached hydrogen (secondary N) is 1. The van der Waals surface area contributed by atoms with E-state index >= 15 is 0 Å². The van der Waals surface area contributed by atoms with Crippen molar-refractivity contribution in [2.75, 3.05) is 6.54 Å². The number of sulfonamides is 1. The van der Waals surface area contributed by atoms with Gasteiger partial charge >= 0.3 is 0 Å². The Bertz CT molecular complexity index is 825. The Morgan fingerprint density at radius 2 is 2.13 bits per heavy atom. The number of halogens is 1. The Morgan fingerprint density at radius 1 is 1.39 bits per heavy atom. The van der Waals surface area contributed by atoms with E-state index in [9.17, 15) is 22.9 Å². The van der Waals surface area contributed by atoms with Crippen LogP contribution in [-0.4, -0.2) is 24.9 Å². The molecule has 0 saturated heterocycles. The Balaban J connectivity index is 2.18. The first kappa shape index (κ1) is 17.0. The van der Waals surface area contributed by atoms with Crippen LogP contribution in [0.3, 0.4) is 0 Å². The van der Waals surface area contributed by atoms with Gasteiger partial charge in [0.2, 0.25) is 10.0 Å². The maximum absolute atomic E-state index is 13.7. The minimum Gasteiger partial charge on any atom is -0.264 e. The number of aromatic nitrogens is 1. The van der Waals surface area contributed by atoms with Gasteiger partial charge in [-0.15, -0.1) is 0 Å². The smallest absolute Gasteiger partial charge is 0.264 e. The average molecular weight is 339 g/mol. The highest BCUT2D eigenvalue weighted by atomic mass is 32.2. The summed E-state index contributed by atoms with van der Waals surface area (Å²) in [6, 6.07) is 5.14. The average Bonchev–Trinajstić information content (AvgIpc) is 2.50. The molecule has 1 aromatic carbocycles. The lowest BCUT2D eigenvalue weighted by molar-refractivity contribution is -0.385. The second-order valence-corrected chi connectivity index (χ2v) is 6.58. The second kappa shape index (κ2) is 6.80. The summed E-state index contributed by atoms with van der Waals surface area (Å²) in [4.78, 5) is 13.5. The molecular weight excluding hydrogens is 325 g/mol. The third-order valence-electron chi connectivity index (χ3n) is 3.23. The molecule has 7 nitrogen and oxygen atoms in total. The van der Waals surface area contributed by atoms with E-state index in [1.54, 1.807) is 24.5 Å². The van der Waals surface area contributed by atoms with Crippen molar-refractivity contribution < 1.29 is 17.7 Å². The van der Waals surface area contributed by atoms with E-state index in [4.69, 9.17) is 0 Å². The maximum atomic E-state index is 13.7. The van der Waals surface area contributed by atoms with Gasteiger partial charge in [-0.25, -0.2) is 17.5 Å². The lowest BCUT2D eigenvalue weighted by atomic mass is 10.2. The molecule has 1 aromatic heterocycles. The molecule has 0 spiro atoms. The summed E-state index contributed by atoms with van der Waals surface area (Å²) in [5.74, 6) is -0.938. The van der Waals surface area contributed by atoms with Crippen molar-refractivity contribution in [1.29, 1.82) is 0 Å². The molecule has 23 heavy (non-hydrogen) atoms. The Kier molecular flexibility index (Phi) is 5.02. The first-order valence-corrected chi connectivity index (χ1v) is 8.12. The fourth-order valence-corrected chi connectivity index (χ4v) is 3.01. The van der Waals surface area contributed by atoms with E-state index in [1.807, 2.05) is 0 Å². The summed E-state index contributed by atoms with van der Waals surface area (Å²) in [6.45, 7) is 1.29. The molecule has 0 aliphatic heterocycles. The van der Waals surface area contributed by atoms with E-state index in [-0.39, 0.29) is 12.1 Å². The molecule has 0 saturated carbocycles. The molecule has 9 heteroatoms. The van der Waals surface area contributed by atoms with Crippen LogP contribution in [0.2, 0.25) is 0 Å². The summed E-state index contributed by atoms with van der Waals surface area (Å²) in [7, 11) is -4.04. The molecule has 0 aliphatic carbocycles. The van der Waals surface area contributed by atoms with Gasteiger partial charge in [0.25, 0.3) is 5.69 Å². The summed E-state index contributed by atoms with van der Waals surface area (Å²) in [6.07, 6.45) is 3.59. The van der Waals surface area contributed by atoms with Crippen molar-refractivity contribution in [3.63, 3.8) is 0 Å². The lowest BCUT2D eigenvalue weighted by Crippen LogP contribution is -2.26. The maximum Gasteiger partial charge on any atom is 0.276 e. The van der Waals surface area contributed by atoms with Gasteiger partial charge in [-0.2, -0.15) is 0 Å². The highest BCUT2D eigenvalue weighted by Gasteiger charge is 2.22. The third kappa shape index (κ3) is 4.08. The van der Waals surface area contributed by atoms with Crippen LogP contribution in [0.4, 0.5) is 10.1 Å². The standard InChI is InChI=1S/C14H14FN3O4S/c1-10-13(15)7-12(8-14(10)18(19)20)23(21,22)17-6-4-11-3-2-5-16-9-11/h2-3,5,7-9,17H,4,6H2,1H3. The Hall–Kier alpha value is -2.39. The zero-order valence-electron chi connectivity index (χ0n) is 12.2. The van der Waals surface area contributed by atoms with E-state index < -0.39 is 31.3 Å². The van der Waals surface area contributed by atoms with Crippen LogP contribution in [0.25, 0.3) is 0 Å². The minimum absolute atomic E-state index is 0.0668. The minimum atomic E-state index is -4.04. The van der Waals surface area contributed by atoms with Crippen LogP contribution < -0.4 is 4.72 Å². The van der Waals surface area contributed by atoms with Crippen LogP contribution in [-0.2, 0) is 16.4 Å². The van der Waals surface area contributed by atoms with Gasteiger partial charge in [0, 0.05) is 25.0 Å². The summed E-state index contributed by atoms with van der Waals surface area (Å²) < 4.78 is 40.3. The van der Waals surface area contributed by atoms with Gasteiger partial charge in [-0.1, -0.05) is 6.07 Å². The molecule has 122 valence electrons. The van der Waals surface area contributed by atoms with Gasteiger partial charge < -0.3 is 0 Å². The first-order valence-electron chi connectivity index (χ1n) is 6.64. The fourth-order valence-electron chi connectivity index (χ4n) is 1.94. The molecule has 1 N–H and O–H groups in total. The molecule has 2 rings (SSSR count). The van der Waals surface area contributed by atoms with Crippen molar-refractivity contribution in [2.45, 2.75) is 18.2 Å². The summed E-state index contributed by atoms with van der Waals surface area (Å²) in [5, 5.41) is 10.9. The van der Waals surface area contributed by atoms with E-state index in [0.29, 0.717) is 6.42 Å². The number of hydrogen-bond donors (Lipinski definition) is 1. The van der Waals surface area contributed by atoms with E-state index in [2.05, 4.69) is 9.71 Å². The molecule has 0 radical (unpaired) electrons. The number of benzene rings is 1. The van der Waals surface area contributed by atoms with Crippen molar-refractivity contribution >= 4 is 15.7 Å². The highest BCUT2D eigenvalue weighted by molar-refractivity contribution is 7.89. The van der Waals surface area contributed by atoms with Gasteiger partial charge in [0.05, 0.1) is 15.4 Å². The van der Waals surface area contributed by atoms with Crippen molar-refractivity contribution in [3.05, 3.63) is 63.7 Å². The molecule has 0 atom stereocenters. The quantitative estimate of drug-likeness (QED) is 0.640. The number of pyridine rings is 1. The van der Waals surface area contributed by atoms with Crippen molar-refractivity contribution in [3.8, 4) is 0 Å². The predicted molar refractivity (Wildman–Crippen MR) is 80.9 cm³/mol. The molecule has 0 aliphatic rings. The number of nitro benzene ring substituents is 1. The van der Waals surface area contributed by atoms with Crippen LogP contribution in [0.1, 0.15) is 11.1 Å². The van der Waals surface area contributed by atoms with Crippen LogP contribution in [0.15, 0.2) is 41.6 Å². The van der Waals surface area contributed by atoms with Gasteiger partial charge in [0.15, 0.2) is 0 Å². The largest absolute Gasteiger partial charge is 0.276 e. The zero-order chi connectivity index (χ0) is 17.0. The summed E-state index contributed by atoms with van der Waals surface area (Å²) >= 11 is 0. The van der Waals surface area contributed by atoms with Gasteiger partial charge in [0.1, 0.15) is 5.82 Å². The number of hydrogen-bond acceptors (Lipinski definition) is 5. The predicted octanol–water partition coefficient (Wildman–Crippen LogP) is 1.96. The zero-order valence-corrected chi connectivity index (χ0v) is 13.0. The monoisotopic (exact) mass is 339 g/mol. The molecular formula is C14H14FN3O4S. The highest BCUT2D eigenvalue weighted by Crippen LogP contribution is 2.25. The molecule has 0 unspecified atom stereocenters. The van der Waals surface area contributed by atoms with Gasteiger partial charge in [-0.3, -0.25) is 15.1 Å². The van der Waals surface area contributed by atoms with Crippen molar-refractivity contribution in [2.24, 2.45) is 0 Å². The number of nitrogens with zero attached hydrogens (tertiary/aromatic N) is 2. The topological polar surface area (TPSA) is 102 Å². The second-order valence-electron chi connectivity index (χ2n) is 4.82. The molecule has 0 amide bonds. The first-order chi connectivity index (χ1) is 10.8. The van der Waals surface area contributed by atoms with Crippen LogP contribution in [0.5, 0.6) is 0 Å². The fraction of sp³-hybridized carbons (Fsp3) is 0.214. The van der Waals surface area contributed by atoms with E-state index in [0.717, 1.165) is 17.7 Å². The Labute approximate surface area is 132 Å². The number of nitro groups is 1. The molecule has 0 bridgehead atoms. The van der Waals surface area contributed by atoms with Crippen molar-refractivity contribution in [1.82, 2.24) is 9.71 Å². The van der Waals surface area contributed by atoms with Gasteiger partial charge in [-0.05, 0) is 31.0 Å². The molecule has 1 heterocycles. The van der Waals surface area contributed by atoms with Crippen LogP contribution in [0, 0.1) is 22.9 Å². The molecule has 0 fully saturated rings. The van der Waals surface area contributed by atoms with E-state index in [1.165, 1.54) is 6.92 Å². The SMILES string of the molecule is Cc1c(F)cc(S(=O)(=O)NCCc2cccnc2)cc1[N+](=O)[O-]. The lowest BCUT2D eigenvalue weighted by Gasteiger charge is -2.08. The normalized spacial score (nSPS) is 11.4. The third-order valence-corrected chi connectivity index (χ3v) is 4.67. The number of rotatable bonds is 6. The Morgan fingerprint density at radius 3 is 2.74 bits per heavy atom.